The molecule has 102 valence electrons. The minimum absolute atomic E-state index is 0.0149. The summed E-state index contributed by atoms with van der Waals surface area (Å²) in [7, 11) is -3.92. The first-order valence-electron chi connectivity index (χ1n) is 5.58. The van der Waals surface area contributed by atoms with Gasteiger partial charge in [-0.05, 0) is 19.1 Å². The number of nitrogens with zero attached hydrogens (tertiary/aromatic N) is 2. The number of hydrogen-bond acceptors (Lipinski definition) is 4. The zero-order chi connectivity index (χ0) is 14.5. The zero-order valence-electron chi connectivity index (χ0n) is 10.4. The van der Waals surface area contributed by atoms with Gasteiger partial charge < -0.3 is 5.11 Å². The van der Waals surface area contributed by atoms with E-state index in [0.29, 0.717) is 0 Å². The third-order valence-corrected chi connectivity index (χ3v) is 4.57. The fourth-order valence-electron chi connectivity index (χ4n) is 1.53. The van der Waals surface area contributed by atoms with E-state index in [4.69, 9.17) is 10.4 Å². The van der Waals surface area contributed by atoms with Gasteiger partial charge in [0, 0.05) is 13.0 Å². The predicted octanol–water partition coefficient (Wildman–Crippen LogP) is 1.06. The molecule has 1 atom stereocenters. The van der Waals surface area contributed by atoms with Crippen LogP contribution in [0.25, 0.3) is 0 Å². The van der Waals surface area contributed by atoms with Crippen molar-refractivity contribution in [3.05, 3.63) is 30.3 Å². The standard InChI is InChI=1S/C12H14N2O4S/c1-10(12(15)16)14(9-5-8-13)19(17,18)11-6-3-2-4-7-11/h2-4,6-7,10H,5,9H2,1H3,(H,15,16). The first-order chi connectivity index (χ1) is 8.91. The van der Waals surface area contributed by atoms with E-state index in [9.17, 15) is 13.2 Å². The first kappa shape index (κ1) is 15.1. The normalized spacial score (nSPS) is 12.9. The maximum atomic E-state index is 12.3. The van der Waals surface area contributed by atoms with Gasteiger partial charge in [0.05, 0.1) is 11.0 Å². The monoisotopic (exact) mass is 282 g/mol. The van der Waals surface area contributed by atoms with Gasteiger partial charge in [0.1, 0.15) is 6.04 Å². The molecule has 0 aliphatic heterocycles. The van der Waals surface area contributed by atoms with Gasteiger partial charge in [0.15, 0.2) is 0 Å². The van der Waals surface area contributed by atoms with Crippen LogP contribution in [0, 0.1) is 11.3 Å². The lowest BCUT2D eigenvalue weighted by Crippen LogP contribution is -2.43. The number of benzene rings is 1. The molecule has 1 aromatic carbocycles. The highest BCUT2D eigenvalue weighted by molar-refractivity contribution is 7.89. The maximum Gasteiger partial charge on any atom is 0.321 e. The second kappa shape index (κ2) is 6.31. The van der Waals surface area contributed by atoms with Crippen LogP contribution in [0.4, 0.5) is 0 Å². The first-order valence-corrected chi connectivity index (χ1v) is 7.02. The van der Waals surface area contributed by atoms with Crippen molar-refractivity contribution in [1.82, 2.24) is 4.31 Å². The van der Waals surface area contributed by atoms with Crippen LogP contribution in [-0.2, 0) is 14.8 Å². The molecular weight excluding hydrogens is 268 g/mol. The molecule has 0 aromatic heterocycles. The van der Waals surface area contributed by atoms with Gasteiger partial charge in [0.2, 0.25) is 10.0 Å². The highest BCUT2D eigenvalue weighted by atomic mass is 32.2. The van der Waals surface area contributed by atoms with Crippen LogP contribution in [0.15, 0.2) is 35.2 Å². The number of carbonyl (C=O) groups is 1. The lowest BCUT2D eigenvalue weighted by atomic mass is 10.3. The van der Waals surface area contributed by atoms with Gasteiger partial charge in [-0.1, -0.05) is 18.2 Å². The van der Waals surface area contributed by atoms with Gasteiger partial charge in [-0.2, -0.15) is 9.57 Å². The zero-order valence-corrected chi connectivity index (χ0v) is 11.2. The van der Waals surface area contributed by atoms with Crippen LogP contribution >= 0.6 is 0 Å². The lowest BCUT2D eigenvalue weighted by Gasteiger charge is -2.24. The summed E-state index contributed by atoms with van der Waals surface area (Å²) in [5, 5.41) is 17.5. The Bertz CT molecular complexity index is 577. The van der Waals surface area contributed by atoms with E-state index in [1.807, 2.05) is 6.07 Å². The van der Waals surface area contributed by atoms with Crippen LogP contribution in [0.1, 0.15) is 13.3 Å². The Kier molecular flexibility index (Phi) is 5.03. The number of carboxylic acid groups (broad SMARTS) is 1. The van der Waals surface area contributed by atoms with Gasteiger partial charge in [0.25, 0.3) is 0 Å². The average Bonchev–Trinajstić information content (AvgIpc) is 2.39. The molecule has 0 heterocycles. The van der Waals surface area contributed by atoms with E-state index in [1.54, 1.807) is 18.2 Å². The van der Waals surface area contributed by atoms with Crippen molar-refractivity contribution in [3.8, 4) is 6.07 Å². The number of aliphatic carboxylic acids is 1. The Balaban J connectivity index is 3.17. The summed E-state index contributed by atoms with van der Waals surface area (Å²) in [4.78, 5) is 11.0. The summed E-state index contributed by atoms with van der Waals surface area (Å²) in [6.07, 6.45) is -0.0658. The summed E-state index contributed by atoms with van der Waals surface area (Å²) in [6, 6.07) is 8.16. The highest BCUT2D eigenvalue weighted by Gasteiger charge is 2.32. The predicted molar refractivity (Wildman–Crippen MR) is 67.7 cm³/mol. The Morgan fingerprint density at radius 3 is 2.47 bits per heavy atom. The maximum absolute atomic E-state index is 12.3. The Morgan fingerprint density at radius 2 is 2.00 bits per heavy atom. The van der Waals surface area contributed by atoms with Gasteiger partial charge >= 0.3 is 5.97 Å². The van der Waals surface area contributed by atoms with Crippen molar-refractivity contribution in [2.24, 2.45) is 0 Å². The molecule has 0 spiro atoms. The van der Waals surface area contributed by atoms with E-state index >= 15 is 0 Å². The van der Waals surface area contributed by atoms with E-state index in [0.717, 1.165) is 4.31 Å². The highest BCUT2D eigenvalue weighted by Crippen LogP contribution is 2.18. The molecule has 0 bridgehead atoms. The van der Waals surface area contributed by atoms with Crippen molar-refractivity contribution >= 4 is 16.0 Å². The number of carboxylic acids is 1. The van der Waals surface area contributed by atoms with Crippen molar-refractivity contribution in [2.75, 3.05) is 6.54 Å². The fraction of sp³-hybridized carbons (Fsp3) is 0.333. The third kappa shape index (κ3) is 3.53. The lowest BCUT2D eigenvalue weighted by molar-refractivity contribution is -0.140. The molecule has 0 saturated heterocycles. The smallest absolute Gasteiger partial charge is 0.321 e. The molecule has 1 rings (SSSR count). The molecule has 0 fully saturated rings. The topological polar surface area (TPSA) is 98.5 Å². The van der Waals surface area contributed by atoms with Crippen molar-refractivity contribution in [1.29, 1.82) is 5.26 Å². The Morgan fingerprint density at radius 1 is 1.42 bits per heavy atom. The van der Waals surface area contributed by atoms with Crippen molar-refractivity contribution < 1.29 is 18.3 Å². The number of hydrogen-bond donors (Lipinski definition) is 1. The number of rotatable bonds is 6. The van der Waals surface area contributed by atoms with Gasteiger partial charge in [-0.25, -0.2) is 8.42 Å². The molecule has 0 saturated carbocycles. The largest absolute Gasteiger partial charge is 0.480 e. The SMILES string of the molecule is CC(C(=O)O)N(CCC#N)S(=O)(=O)c1ccccc1. The van der Waals surface area contributed by atoms with Crippen LogP contribution < -0.4 is 0 Å². The average molecular weight is 282 g/mol. The van der Waals surface area contributed by atoms with Crippen LogP contribution in [-0.4, -0.2) is 36.4 Å². The molecule has 19 heavy (non-hydrogen) atoms. The Hall–Kier alpha value is -1.91. The molecule has 0 amide bonds. The Labute approximate surface area is 111 Å². The minimum Gasteiger partial charge on any atom is -0.480 e. The summed E-state index contributed by atoms with van der Waals surface area (Å²) >= 11 is 0. The van der Waals surface area contributed by atoms with E-state index in [-0.39, 0.29) is 17.9 Å². The quantitative estimate of drug-likeness (QED) is 0.841. The molecule has 0 aliphatic rings. The molecule has 6 nitrogen and oxygen atoms in total. The number of nitriles is 1. The van der Waals surface area contributed by atoms with Crippen LogP contribution in [0.2, 0.25) is 0 Å². The second-order valence-corrected chi connectivity index (χ2v) is 5.74. The number of sulfonamides is 1. The molecule has 0 radical (unpaired) electrons. The van der Waals surface area contributed by atoms with Crippen LogP contribution in [0.5, 0.6) is 0 Å². The second-order valence-electron chi connectivity index (χ2n) is 3.85. The van der Waals surface area contributed by atoms with Gasteiger partial charge in [-0.15, -0.1) is 0 Å². The van der Waals surface area contributed by atoms with E-state index in [1.165, 1.54) is 19.1 Å². The molecule has 0 aliphatic carbocycles. The third-order valence-electron chi connectivity index (χ3n) is 2.58. The summed E-state index contributed by atoms with van der Waals surface area (Å²) in [6.45, 7) is 1.13. The molecule has 1 unspecified atom stereocenters. The molecule has 1 N–H and O–H groups in total. The van der Waals surface area contributed by atoms with Crippen molar-refractivity contribution in [2.45, 2.75) is 24.3 Å². The van der Waals surface area contributed by atoms with Gasteiger partial charge in [-0.3, -0.25) is 4.79 Å². The fourth-order valence-corrected chi connectivity index (χ4v) is 3.14. The summed E-state index contributed by atoms with van der Waals surface area (Å²) in [5.41, 5.74) is 0. The summed E-state index contributed by atoms with van der Waals surface area (Å²) < 4.78 is 25.5. The van der Waals surface area contributed by atoms with E-state index < -0.39 is 22.0 Å². The van der Waals surface area contributed by atoms with Crippen molar-refractivity contribution in [3.63, 3.8) is 0 Å². The minimum atomic E-state index is -3.92. The molecular formula is C12H14N2O4S. The molecule has 7 heteroatoms. The van der Waals surface area contributed by atoms with E-state index in [2.05, 4.69) is 0 Å². The van der Waals surface area contributed by atoms with Crippen LogP contribution in [0.3, 0.4) is 0 Å². The molecule has 1 aromatic rings. The summed E-state index contributed by atoms with van der Waals surface area (Å²) in [5.74, 6) is -1.25.